The van der Waals surface area contributed by atoms with Gasteiger partial charge in [0.2, 0.25) is 0 Å². The Morgan fingerprint density at radius 1 is 1.19 bits per heavy atom. The van der Waals surface area contributed by atoms with Gasteiger partial charge in [0.15, 0.2) is 0 Å². The first-order valence-corrected chi connectivity index (χ1v) is 8.61. The van der Waals surface area contributed by atoms with Crippen molar-refractivity contribution >= 4 is 34.2 Å². The number of hydrogen-bond donors (Lipinski definition) is 1. The first-order chi connectivity index (χ1) is 12.3. The molecule has 0 saturated carbocycles. The van der Waals surface area contributed by atoms with Gasteiger partial charge in [-0.05, 0) is 59.8 Å². The Hall–Kier alpha value is -2.36. The number of rotatable bonds is 3. The van der Waals surface area contributed by atoms with Gasteiger partial charge in [-0.2, -0.15) is 13.2 Å². The summed E-state index contributed by atoms with van der Waals surface area (Å²) in [5, 5.41) is 2.53. The number of aryl methyl sites for hydroxylation is 1. The van der Waals surface area contributed by atoms with Crippen LogP contribution in [0, 0.1) is 10.5 Å². The minimum Gasteiger partial charge on any atom is -0.322 e. The third-order valence-electron chi connectivity index (χ3n) is 3.67. The summed E-state index contributed by atoms with van der Waals surface area (Å²) in [6.45, 7) is 1.69. The predicted octanol–water partition coefficient (Wildman–Crippen LogP) is 5.06. The molecule has 0 saturated heterocycles. The van der Waals surface area contributed by atoms with Crippen molar-refractivity contribution in [2.24, 2.45) is 0 Å². The average molecular weight is 471 g/mol. The van der Waals surface area contributed by atoms with Gasteiger partial charge in [-0.15, -0.1) is 0 Å². The van der Waals surface area contributed by atoms with Gasteiger partial charge in [0.1, 0.15) is 0 Å². The maximum absolute atomic E-state index is 13.5. The standard InChI is InChI=1S/C18H13F3IN3O/c1-11-9-25(10-23-11)16-7-6-12(8-14(16)18(19,20)21)24-17(26)13-4-2-3-5-15(13)22/h2-10H,1H3,(H,24,26). The summed E-state index contributed by atoms with van der Waals surface area (Å²) in [6.07, 6.45) is -1.74. The van der Waals surface area contributed by atoms with Crippen LogP contribution in [0.15, 0.2) is 55.0 Å². The van der Waals surface area contributed by atoms with Gasteiger partial charge in [0.25, 0.3) is 5.91 Å². The smallest absolute Gasteiger partial charge is 0.322 e. The Morgan fingerprint density at radius 3 is 2.54 bits per heavy atom. The summed E-state index contributed by atoms with van der Waals surface area (Å²) in [6, 6.07) is 10.5. The molecule has 1 amide bonds. The second-order valence-corrected chi connectivity index (χ2v) is 6.75. The van der Waals surface area contributed by atoms with E-state index in [-0.39, 0.29) is 11.4 Å². The lowest BCUT2D eigenvalue weighted by atomic mass is 10.1. The van der Waals surface area contributed by atoms with Crippen LogP contribution in [0.1, 0.15) is 21.6 Å². The number of amides is 1. The molecule has 0 atom stereocenters. The van der Waals surface area contributed by atoms with Crippen molar-refractivity contribution in [1.82, 2.24) is 9.55 Å². The van der Waals surface area contributed by atoms with Gasteiger partial charge in [0.05, 0.1) is 28.8 Å². The number of hydrogen-bond acceptors (Lipinski definition) is 2. The molecule has 0 aliphatic rings. The zero-order valence-electron chi connectivity index (χ0n) is 13.5. The number of aromatic nitrogens is 2. The minimum absolute atomic E-state index is 0.0506. The first-order valence-electron chi connectivity index (χ1n) is 7.54. The van der Waals surface area contributed by atoms with Gasteiger partial charge in [-0.3, -0.25) is 4.79 Å². The molecule has 26 heavy (non-hydrogen) atoms. The van der Waals surface area contributed by atoms with Crippen molar-refractivity contribution in [1.29, 1.82) is 0 Å². The lowest BCUT2D eigenvalue weighted by molar-refractivity contribution is -0.137. The van der Waals surface area contributed by atoms with Crippen LogP contribution in [0.3, 0.4) is 0 Å². The fraction of sp³-hybridized carbons (Fsp3) is 0.111. The lowest BCUT2D eigenvalue weighted by Gasteiger charge is -2.15. The van der Waals surface area contributed by atoms with Crippen LogP contribution in [-0.2, 0) is 6.18 Å². The summed E-state index contributed by atoms with van der Waals surface area (Å²) in [7, 11) is 0. The van der Waals surface area contributed by atoms with Crippen molar-refractivity contribution in [3.63, 3.8) is 0 Å². The fourth-order valence-corrected chi connectivity index (χ4v) is 3.10. The predicted molar refractivity (Wildman–Crippen MR) is 100 cm³/mol. The number of halogens is 4. The number of anilines is 1. The third kappa shape index (κ3) is 3.90. The third-order valence-corrected chi connectivity index (χ3v) is 4.61. The monoisotopic (exact) mass is 471 g/mol. The SMILES string of the molecule is Cc1cn(-c2ccc(NC(=O)c3ccccc3I)cc2C(F)(F)F)cn1. The second-order valence-electron chi connectivity index (χ2n) is 5.59. The summed E-state index contributed by atoms with van der Waals surface area (Å²) in [5.74, 6) is -0.464. The van der Waals surface area contributed by atoms with Gasteiger partial charge in [-0.25, -0.2) is 4.98 Å². The Bertz CT molecular complexity index is 966. The Balaban J connectivity index is 1.97. The number of nitrogens with one attached hydrogen (secondary N) is 1. The molecule has 3 rings (SSSR count). The summed E-state index contributed by atoms with van der Waals surface area (Å²) < 4.78 is 42.5. The van der Waals surface area contributed by atoms with E-state index < -0.39 is 17.6 Å². The van der Waals surface area contributed by atoms with Crippen LogP contribution in [0.25, 0.3) is 5.69 Å². The molecule has 0 spiro atoms. The quantitative estimate of drug-likeness (QED) is 0.544. The molecule has 2 aromatic carbocycles. The van der Waals surface area contributed by atoms with Crippen LogP contribution < -0.4 is 5.32 Å². The number of nitrogens with zero attached hydrogens (tertiary/aromatic N) is 2. The maximum atomic E-state index is 13.5. The molecule has 0 unspecified atom stereocenters. The van der Waals surface area contributed by atoms with Gasteiger partial charge >= 0.3 is 6.18 Å². The summed E-state index contributed by atoms with van der Waals surface area (Å²) in [4.78, 5) is 16.3. The fourth-order valence-electron chi connectivity index (χ4n) is 2.46. The summed E-state index contributed by atoms with van der Waals surface area (Å²) >= 11 is 2.00. The molecule has 1 heterocycles. The van der Waals surface area contributed by atoms with E-state index in [2.05, 4.69) is 10.3 Å². The molecule has 134 valence electrons. The first kappa shape index (κ1) is 18.4. The van der Waals surface area contributed by atoms with E-state index in [9.17, 15) is 18.0 Å². The highest BCUT2D eigenvalue weighted by atomic mass is 127. The second kappa shape index (κ2) is 7.10. The highest BCUT2D eigenvalue weighted by Gasteiger charge is 2.34. The van der Waals surface area contributed by atoms with E-state index >= 15 is 0 Å². The van der Waals surface area contributed by atoms with Gasteiger partial charge < -0.3 is 9.88 Å². The van der Waals surface area contributed by atoms with Crippen molar-refractivity contribution in [3.05, 3.63) is 75.4 Å². The molecule has 8 heteroatoms. The highest BCUT2D eigenvalue weighted by Crippen LogP contribution is 2.35. The topological polar surface area (TPSA) is 46.9 Å². The number of imidazole rings is 1. The van der Waals surface area contributed by atoms with E-state index in [4.69, 9.17) is 0 Å². The van der Waals surface area contributed by atoms with Crippen molar-refractivity contribution in [2.75, 3.05) is 5.32 Å². The van der Waals surface area contributed by atoms with Crippen molar-refractivity contribution < 1.29 is 18.0 Å². The minimum atomic E-state index is -4.57. The average Bonchev–Trinajstić information content (AvgIpc) is 3.00. The number of benzene rings is 2. The zero-order chi connectivity index (χ0) is 18.9. The molecule has 0 bridgehead atoms. The van der Waals surface area contributed by atoms with Crippen LogP contribution in [0.2, 0.25) is 0 Å². The molecule has 0 aliphatic carbocycles. The number of carbonyl (C=O) groups is 1. The molecule has 1 N–H and O–H groups in total. The van der Waals surface area contributed by atoms with Crippen molar-refractivity contribution in [2.45, 2.75) is 13.1 Å². The lowest BCUT2D eigenvalue weighted by Crippen LogP contribution is -2.15. The van der Waals surface area contributed by atoms with E-state index in [1.54, 1.807) is 31.2 Å². The molecule has 0 radical (unpaired) electrons. The number of carbonyl (C=O) groups excluding carboxylic acids is 1. The Morgan fingerprint density at radius 2 is 1.92 bits per heavy atom. The van der Waals surface area contributed by atoms with E-state index in [0.717, 1.165) is 6.07 Å². The van der Waals surface area contributed by atoms with E-state index in [0.29, 0.717) is 14.8 Å². The maximum Gasteiger partial charge on any atom is 0.418 e. The zero-order valence-corrected chi connectivity index (χ0v) is 15.7. The molecular formula is C18H13F3IN3O. The molecular weight excluding hydrogens is 458 g/mol. The van der Waals surface area contributed by atoms with E-state index in [1.165, 1.54) is 29.2 Å². The number of alkyl halides is 3. The molecule has 0 aliphatic heterocycles. The van der Waals surface area contributed by atoms with Crippen LogP contribution in [0.4, 0.5) is 18.9 Å². The molecule has 1 aromatic heterocycles. The molecule has 3 aromatic rings. The van der Waals surface area contributed by atoms with E-state index in [1.807, 2.05) is 22.6 Å². The van der Waals surface area contributed by atoms with Gasteiger partial charge in [0, 0.05) is 15.5 Å². The van der Waals surface area contributed by atoms with Gasteiger partial charge in [-0.1, -0.05) is 12.1 Å². The normalized spacial score (nSPS) is 11.4. The molecule has 4 nitrogen and oxygen atoms in total. The van der Waals surface area contributed by atoms with Crippen molar-refractivity contribution in [3.8, 4) is 5.69 Å². The molecule has 0 fully saturated rings. The Kier molecular flexibility index (Phi) is 5.03. The van der Waals surface area contributed by atoms with Crippen LogP contribution in [0.5, 0.6) is 0 Å². The van der Waals surface area contributed by atoms with Crippen LogP contribution >= 0.6 is 22.6 Å². The summed E-state index contributed by atoms with van der Waals surface area (Å²) in [5.41, 5.74) is 0.175. The Labute approximate surface area is 161 Å². The van der Waals surface area contributed by atoms with Crippen LogP contribution in [-0.4, -0.2) is 15.5 Å². The largest absolute Gasteiger partial charge is 0.418 e. The highest BCUT2D eigenvalue weighted by molar-refractivity contribution is 14.1.